The molecule has 0 spiro atoms. The predicted molar refractivity (Wildman–Crippen MR) is 118 cm³/mol. The number of benzene rings is 3. The molecule has 1 heterocycles. The maximum atomic E-state index is 12.5. The second-order valence-electron chi connectivity index (χ2n) is 7.15. The van der Waals surface area contributed by atoms with E-state index in [1.165, 1.54) is 5.56 Å². The predicted octanol–water partition coefficient (Wildman–Crippen LogP) is 4.87. The van der Waals surface area contributed by atoms with Crippen LogP contribution in [0, 0.1) is 6.92 Å². The van der Waals surface area contributed by atoms with Crippen molar-refractivity contribution >= 4 is 11.6 Å². The Morgan fingerprint density at radius 3 is 2.67 bits per heavy atom. The molecular weight excluding hydrogens is 376 g/mol. The minimum atomic E-state index is -0.105. The SMILES string of the molecule is COc1cccc(CNC(=O)c2ccc(-c3cc(N4CC=CO4)ccc3C)cc2)c1. The molecule has 5 nitrogen and oxygen atoms in total. The van der Waals surface area contributed by atoms with Gasteiger partial charge < -0.3 is 14.9 Å². The van der Waals surface area contributed by atoms with Crippen molar-refractivity contribution in [3.05, 3.63) is 95.8 Å². The van der Waals surface area contributed by atoms with Crippen LogP contribution in [0.1, 0.15) is 21.5 Å². The molecule has 0 radical (unpaired) electrons. The molecule has 152 valence electrons. The minimum absolute atomic E-state index is 0.105. The van der Waals surface area contributed by atoms with E-state index in [1.807, 2.05) is 65.7 Å². The van der Waals surface area contributed by atoms with Gasteiger partial charge in [-0.05, 0) is 71.7 Å². The van der Waals surface area contributed by atoms with E-state index in [0.29, 0.717) is 12.1 Å². The summed E-state index contributed by atoms with van der Waals surface area (Å²) >= 11 is 0. The molecule has 5 heteroatoms. The number of aryl methyl sites for hydroxylation is 1. The summed E-state index contributed by atoms with van der Waals surface area (Å²) in [6.07, 6.45) is 3.66. The highest BCUT2D eigenvalue weighted by Crippen LogP contribution is 2.29. The van der Waals surface area contributed by atoms with Crippen LogP contribution >= 0.6 is 0 Å². The third-order valence-corrected chi connectivity index (χ3v) is 5.11. The zero-order chi connectivity index (χ0) is 20.9. The summed E-state index contributed by atoms with van der Waals surface area (Å²) in [6.45, 7) is 3.26. The van der Waals surface area contributed by atoms with Gasteiger partial charge in [-0.3, -0.25) is 4.79 Å². The number of ether oxygens (including phenoxy) is 1. The van der Waals surface area contributed by atoms with Crippen LogP contribution in [0.25, 0.3) is 11.1 Å². The van der Waals surface area contributed by atoms with Gasteiger partial charge in [0.25, 0.3) is 5.91 Å². The third-order valence-electron chi connectivity index (χ3n) is 5.11. The molecule has 0 fully saturated rings. The van der Waals surface area contributed by atoms with Gasteiger partial charge in [0, 0.05) is 12.1 Å². The highest BCUT2D eigenvalue weighted by molar-refractivity contribution is 5.94. The van der Waals surface area contributed by atoms with Crippen molar-refractivity contribution in [3.63, 3.8) is 0 Å². The lowest BCUT2D eigenvalue weighted by Gasteiger charge is -2.18. The first-order chi connectivity index (χ1) is 14.6. The first-order valence-electron chi connectivity index (χ1n) is 9.85. The number of hydrogen-bond donors (Lipinski definition) is 1. The lowest BCUT2D eigenvalue weighted by Crippen LogP contribution is -2.22. The van der Waals surface area contributed by atoms with E-state index < -0.39 is 0 Å². The minimum Gasteiger partial charge on any atom is -0.497 e. The molecule has 0 bridgehead atoms. The van der Waals surface area contributed by atoms with E-state index in [1.54, 1.807) is 13.4 Å². The third kappa shape index (κ3) is 4.30. The van der Waals surface area contributed by atoms with Crippen molar-refractivity contribution in [2.24, 2.45) is 0 Å². The van der Waals surface area contributed by atoms with Crippen molar-refractivity contribution in [1.29, 1.82) is 0 Å². The number of rotatable bonds is 6. The fraction of sp³-hybridized carbons (Fsp3) is 0.160. The molecule has 1 aliphatic rings. The largest absolute Gasteiger partial charge is 0.497 e. The van der Waals surface area contributed by atoms with E-state index in [9.17, 15) is 4.79 Å². The number of hydrogen-bond acceptors (Lipinski definition) is 4. The van der Waals surface area contributed by atoms with E-state index >= 15 is 0 Å². The number of hydroxylamine groups is 1. The topological polar surface area (TPSA) is 50.8 Å². The summed E-state index contributed by atoms with van der Waals surface area (Å²) in [5.74, 6) is 0.671. The number of carbonyl (C=O) groups excluding carboxylic acids is 1. The van der Waals surface area contributed by atoms with Crippen LogP contribution in [0.4, 0.5) is 5.69 Å². The summed E-state index contributed by atoms with van der Waals surface area (Å²) in [5.41, 5.74) is 5.96. The number of methoxy groups -OCH3 is 1. The molecule has 0 atom stereocenters. The van der Waals surface area contributed by atoms with Gasteiger partial charge in [-0.2, -0.15) is 0 Å². The normalized spacial score (nSPS) is 12.5. The maximum absolute atomic E-state index is 12.5. The fourth-order valence-corrected chi connectivity index (χ4v) is 3.41. The molecule has 1 aliphatic heterocycles. The van der Waals surface area contributed by atoms with Gasteiger partial charge in [-0.15, -0.1) is 0 Å². The lowest BCUT2D eigenvalue weighted by molar-refractivity contribution is 0.0951. The monoisotopic (exact) mass is 400 g/mol. The smallest absolute Gasteiger partial charge is 0.251 e. The Bertz CT molecular complexity index is 1070. The molecule has 0 aliphatic carbocycles. The van der Waals surface area contributed by atoms with Gasteiger partial charge in [-0.25, -0.2) is 5.06 Å². The van der Waals surface area contributed by atoms with Gasteiger partial charge in [0.1, 0.15) is 12.0 Å². The molecule has 1 N–H and O–H groups in total. The second-order valence-corrected chi connectivity index (χ2v) is 7.15. The van der Waals surface area contributed by atoms with Crippen molar-refractivity contribution in [1.82, 2.24) is 5.32 Å². The lowest BCUT2D eigenvalue weighted by atomic mass is 9.98. The molecule has 0 saturated heterocycles. The van der Waals surface area contributed by atoms with Crippen molar-refractivity contribution in [2.75, 3.05) is 18.7 Å². The van der Waals surface area contributed by atoms with Gasteiger partial charge in [0.15, 0.2) is 0 Å². The van der Waals surface area contributed by atoms with Gasteiger partial charge >= 0.3 is 0 Å². The average molecular weight is 400 g/mol. The van der Waals surface area contributed by atoms with Crippen molar-refractivity contribution in [3.8, 4) is 16.9 Å². The first-order valence-corrected chi connectivity index (χ1v) is 9.85. The van der Waals surface area contributed by atoms with E-state index in [0.717, 1.165) is 34.7 Å². The molecule has 3 aromatic rings. The Labute approximate surface area is 176 Å². The quantitative estimate of drug-likeness (QED) is 0.642. The average Bonchev–Trinajstić information content (AvgIpc) is 3.33. The van der Waals surface area contributed by atoms with Crippen LogP contribution in [0.3, 0.4) is 0 Å². The zero-order valence-corrected chi connectivity index (χ0v) is 17.1. The van der Waals surface area contributed by atoms with Crippen molar-refractivity contribution < 1.29 is 14.4 Å². The van der Waals surface area contributed by atoms with Crippen LogP contribution in [0.2, 0.25) is 0 Å². The number of anilines is 1. The Hall–Kier alpha value is -3.73. The summed E-state index contributed by atoms with van der Waals surface area (Å²) in [4.78, 5) is 18.0. The number of carbonyl (C=O) groups is 1. The van der Waals surface area contributed by atoms with Crippen LogP contribution < -0.4 is 15.1 Å². The van der Waals surface area contributed by atoms with Crippen LogP contribution in [0.5, 0.6) is 5.75 Å². The van der Waals surface area contributed by atoms with Crippen molar-refractivity contribution in [2.45, 2.75) is 13.5 Å². The fourth-order valence-electron chi connectivity index (χ4n) is 3.41. The molecule has 1 amide bonds. The molecule has 3 aromatic carbocycles. The van der Waals surface area contributed by atoms with E-state index in [4.69, 9.17) is 9.57 Å². The van der Waals surface area contributed by atoms with Crippen LogP contribution in [0.15, 0.2) is 79.1 Å². The van der Waals surface area contributed by atoms with Crippen LogP contribution in [-0.2, 0) is 11.4 Å². The number of nitrogens with one attached hydrogen (secondary N) is 1. The highest BCUT2D eigenvalue weighted by atomic mass is 16.7. The summed E-state index contributed by atoms with van der Waals surface area (Å²) < 4.78 is 5.22. The summed E-state index contributed by atoms with van der Waals surface area (Å²) in [7, 11) is 1.63. The number of amides is 1. The Morgan fingerprint density at radius 2 is 1.93 bits per heavy atom. The molecule has 0 aromatic heterocycles. The van der Waals surface area contributed by atoms with E-state index in [2.05, 4.69) is 24.4 Å². The number of nitrogens with zero attached hydrogens (tertiary/aromatic N) is 1. The standard InChI is InChI=1S/C25H24N2O3/c1-18-7-12-22(27-13-4-14-30-27)16-24(18)20-8-10-21(11-9-20)25(28)26-17-19-5-3-6-23(15-19)29-2/h3-12,14-16H,13,17H2,1-2H3,(H,26,28). The molecule has 4 rings (SSSR count). The summed E-state index contributed by atoms with van der Waals surface area (Å²) in [6, 6.07) is 21.6. The summed E-state index contributed by atoms with van der Waals surface area (Å²) in [5, 5.41) is 4.80. The maximum Gasteiger partial charge on any atom is 0.251 e. The Balaban J connectivity index is 1.46. The highest BCUT2D eigenvalue weighted by Gasteiger charge is 2.13. The second kappa shape index (κ2) is 8.74. The van der Waals surface area contributed by atoms with Gasteiger partial charge in [-0.1, -0.05) is 30.3 Å². The van der Waals surface area contributed by atoms with Gasteiger partial charge in [0.05, 0.1) is 19.3 Å². The Morgan fingerprint density at radius 1 is 1.10 bits per heavy atom. The van der Waals surface area contributed by atoms with Gasteiger partial charge in [0.2, 0.25) is 0 Å². The first kappa shape index (κ1) is 19.6. The molecule has 0 unspecified atom stereocenters. The molecule has 0 saturated carbocycles. The molecular formula is C25H24N2O3. The zero-order valence-electron chi connectivity index (χ0n) is 17.1. The van der Waals surface area contributed by atoms with E-state index in [-0.39, 0.29) is 5.91 Å². The molecule has 30 heavy (non-hydrogen) atoms. The van der Waals surface area contributed by atoms with Crippen LogP contribution in [-0.4, -0.2) is 19.6 Å². The Kier molecular flexibility index (Phi) is 5.70.